The lowest BCUT2D eigenvalue weighted by atomic mass is 10.2. The summed E-state index contributed by atoms with van der Waals surface area (Å²) < 4.78 is 79.3. The highest BCUT2D eigenvalue weighted by atomic mass is 32.2. The van der Waals surface area contributed by atoms with Crippen molar-refractivity contribution in [2.24, 2.45) is 0 Å². The number of rotatable bonds is 18. The molecule has 0 unspecified atom stereocenters. The number of nitrogens with zero attached hydrogens (tertiary/aromatic N) is 2. The highest BCUT2D eigenvalue weighted by molar-refractivity contribution is 7.93. The van der Waals surface area contributed by atoms with E-state index in [-0.39, 0.29) is 47.5 Å². The van der Waals surface area contributed by atoms with E-state index in [4.69, 9.17) is 18.9 Å². The summed E-state index contributed by atoms with van der Waals surface area (Å²) in [5.41, 5.74) is 0.528. The molecule has 0 bridgehead atoms. The lowest BCUT2D eigenvalue weighted by molar-refractivity contribution is 0.113. The largest absolute Gasteiger partial charge is 0.495 e. The van der Waals surface area contributed by atoms with E-state index in [9.17, 15) is 27.0 Å². The fourth-order valence-corrected chi connectivity index (χ4v) is 8.34. The minimum absolute atomic E-state index is 0.0556. The molecule has 0 aliphatic rings. The van der Waals surface area contributed by atoms with E-state index >= 15 is 0 Å². The lowest BCUT2D eigenvalue weighted by Gasteiger charge is -2.28. The molecular weight excluding hydrogens is 709 g/mol. The average Bonchev–Trinajstić information content (AvgIpc) is 3.18. The normalized spacial score (nSPS) is 12.7. The number of aliphatic hydroxyl groups is 2. The predicted molar refractivity (Wildman–Crippen MR) is 197 cm³/mol. The fraction of sp³-hybridized carbons (Fsp3) is 0.211. The Morgan fingerprint density at radius 1 is 0.500 bits per heavy atom. The van der Waals surface area contributed by atoms with Crippen LogP contribution in [0.4, 0.5) is 11.4 Å². The van der Waals surface area contributed by atoms with Gasteiger partial charge in [-0.15, -0.1) is 0 Å². The summed E-state index contributed by atoms with van der Waals surface area (Å²) >= 11 is 0. The third kappa shape index (κ3) is 9.14. The number of methoxy groups -OCH3 is 2. The molecule has 274 valence electrons. The quantitative estimate of drug-likeness (QED) is 0.126. The number of anilines is 2. The molecule has 0 radical (unpaired) electrons. The predicted octanol–water partition coefficient (Wildman–Crippen LogP) is 4.97. The first kappa shape index (κ1) is 38.0. The monoisotopic (exact) mass is 748 g/mol. The van der Waals surface area contributed by atoms with Gasteiger partial charge < -0.3 is 29.2 Å². The molecule has 14 heteroatoms. The van der Waals surface area contributed by atoms with Crippen LogP contribution >= 0.6 is 0 Å². The minimum atomic E-state index is -4.08. The van der Waals surface area contributed by atoms with Crippen molar-refractivity contribution >= 4 is 31.4 Å². The maximum absolute atomic E-state index is 13.7. The van der Waals surface area contributed by atoms with Gasteiger partial charge in [-0.2, -0.15) is 0 Å². The summed E-state index contributed by atoms with van der Waals surface area (Å²) in [6, 6.07) is 35.4. The maximum atomic E-state index is 13.7. The highest BCUT2D eigenvalue weighted by Crippen LogP contribution is 2.34. The summed E-state index contributed by atoms with van der Waals surface area (Å²) in [6.45, 7) is -1.10. The number of hydrogen-bond donors (Lipinski definition) is 2. The first-order chi connectivity index (χ1) is 25.0. The van der Waals surface area contributed by atoms with Crippen LogP contribution in [0.1, 0.15) is 0 Å². The van der Waals surface area contributed by atoms with Crippen molar-refractivity contribution in [3.63, 3.8) is 0 Å². The Balaban J connectivity index is 1.22. The Bertz CT molecular complexity index is 1950. The van der Waals surface area contributed by atoms with Crippen molar-refractivity contribution in [1.29, 1.82) is 0 Å². The van der Waals surface area contributed by atoms with Crippen LogP contribution in [0.3, 0.4) is 0 Å². The second kappa shape index (κ2) is 17.3. The van der Waals surface area contributed by atoms with E-state index < -0.39 is 32.3 Å². The Morgan fingerprint density at radius 3 is 1.17 bits per heavy atom. The van der Waals surface area contributed by atoms with Crippen LogP contribution in [-0.2, 0) is 20.0 Å². The molecule has 0 amide bonds. The summed E-state index contributed by atoms with van der Waals surface area (Å²) in [6.07, 6.45) is -2.46. The van der Waals surface area contributed by atoms with Crippen LogP contribution in [0.15, 0.2) is 143 Å². The van der Waals surface area contributed by atoms with Gasteiger partial charge in [-0.05, 0) is 72.8 Å². The number of para-hydroxylation sites is 4. The van der Waals surface area contributed by atoms with Gasteiger partial charge in [0.15, 0.2) is 0 Å². The van der Waals surface area contributed by atoms with Crippen molar-refractivity contribution < 1.29 is 46.0 Å². The molecular formula is C38H40N2O10S2. The van der Waals surface area contributed by atoms with Gasteiger partial charge in [0.05, 0.1) is 48.5 Å². The van der Waals surface area contributed by atoms with Gasteiger partial charge in [0.25, 0.3) is 20.0 Å². The van der Waals surface area contributed by atoms with Gasteiger partial charge in [-0.1, -0.05) is 60.7 Å². The summed E-state index contributed by atoms with van der Waals surface area (Å²) in [5, 5.41) is 21.9. The molecule has 0 fully saturated rings. The van der Waals surface area contributed by atoms with Crippen molar-refractivity contribution in [2.75, 3.05) is 49.1 Å². The van der Waals surface area contributed by atoms with Crippen LogP contribution < -0.4 is 27.6 Å². The molecule has 12 nitrogen and oxygen atoms in total. The molecule has 52 heavy (non-hydrogen) atoms. The standard InChI is InChI=1S/C38H40N2O10S2/c1-47-37-19-11-9-17-35(37)39(51(43,44)33-13-5-3-6-14-33)25-29(41)27-49-31-21-23-32(24-22-31)50-28-30(42)26-40(36-18-10-12-20-38(36)48-2)52(45,46)34-15-7-4-8-16-34/h3-24,29-30,41-42H,25-28H2,1-2H3/t29-,30-/m0/s1. The van der Waals surface area contributed by atoms with E-state index in [2.05, 4.69) is 0 Å². The molecule has 0 heterocycles. The molecule has 0 spiro atoms. The Hall–Kier alpha value is -5.28. The lowest BCUT2D eigenvalue weighted by Crippen LogP contribution is -2.40. The van der Waals surface area contributed by atoms with Gasteiger partial charge in [0.1, 0.15) is 48.4 Å². The van der Waals surface area contributed by atoms with Crippen LogP contribution in [0.5, 0.6) is 23.0 Å². The SMILES string of the molecule is COc1ccccc1N(C[C@H](O)COc1ccc(OC[C@@H](O)CN(c2ccccc2OC)S(=O)(=O)c2ccccc2)cc1)S(=O)(=O)c1ccccc1. The fourth-order valence-electron chi connectivity index (χ4n) is 5.27. The summed E-state index contributed by atoms with van der Waals surface area (Å²) in [4.78, 5) is 0.111. The van der Waals surface area contributed by atoms with Gasteiger partial charge in [0, 0.05) is 0 Å². The van der Waals surface area contributed by atoms with Crippen LogP contribution in [0.25, 0.3) is 0 Å². The zero-order chi connectivity index (χ0) is 37.1. The van der Waals surface area contributed by atoms with Crippen molar-refractivity contribution in [1.82, 2.24) is 0 Å². The second-order valence-electron chi connectivity index (χ2n) is 11.4. The average molecular weight is 749 g/mol. The molecule has 5 rings (SSSR count). The molecule has 0 saturated carbocycles. The number of aliphatic hydroxyl groups excluding tert-OH is 2. The number of sulfonamides is 2. The van der Waals surface area contributed by atoms with Crippen LogP contribution in [-0.4, -0.2) is 79.8 Å². The molecule has 2 N–H and O–H groups in total. The Kier molecular flexibility index (Phi) is 12.6. The zero-order valence-corrected chi connectivity index (χ0v) is 30.2. The van der Waals surface area contributed by atoms with Crippen molar-refractivity contribution in [3.05, 3.63) is 133 Å². The van der Waals surface area contributed by atoms with Crippen molar-refractivity contribution in [2.45, 2.75) is 22.0 Å². The van der Waals surface area contributed by atoms with Crippen molar-refractivity contribution in [3.8, 4) is 23.0 Å². The van der Waals surface area contributed by atoms with Gasteiger partial charge in [0.2, 0.25) is 0 Å². The number of ether oxygens (including phenoxy) is 4. The Morgan fingerprint density at radius 2 is 0.827 bits per heavy atom. The zero-order valence-electron chi connectivity index (χ0n) is 28.6. The number of benzene rings is 5. The second-order valence-corrected chi connectivity index (χ2v) is 15.2. The van der Waals surface area contributed by atoms with E-state index in [1.165, 1.54) is 38.5 Å². The molecule has 2 atom stereocenters. The van der Waals surface area contributed by atoms with Gasteiger partial charge >= 0.3 is 0 Å². The molecule has 0 aliphatic heterocycles. The maximum Gasteiger partial charge on any atom is 0.264 e. The molecule has 5 aromatic carbocycles. The first-order valence-electron chi connectivity index (χ1n) is 16.2. The smallest absolute Gasteiger partial charge is 0.264 e. The Labute approximate surface area is 304 Å². The molecule has 0 saturated heterocycles. The van der Waals surface area contributed by atoms with E-state index in [1.807, 2.05) is 0 Å². The highest BCUT2D eigenvalue weighted by Gasteiger charge is 2.31. The molecule has 5 aromatic rings. The van der Waals surface area contributed by atoms with E-state index in [0.29, 0.717) is 23.0 Å². The molecule has 0 aliphatic carbocycles. The van der Waals surface area contributed by atoms with Gasteiger partial charge in [-0.25, -0.2) is 16.8 Å². The van der Waals surface area contributed by atoms with Crippen LogP contribution in [0.2, 0.25) is 0 Å². The first-order valence-corrected chi connectivity index (χ1v) is 19.1. The third-order valence-electron chi connectivity index (χ3n) is 7.83. The van der Waals surface area contributed by atoms with Gasteiger partial charge in [-0.3, -0.25) is 8.61 Å². The number of hydrogen-bond acceptors (Lipinski definition) is 10. The van der Waals surface area contributed by atoms with Crippen LogP contribution in [0, 0.1) is 0 Å². The molecule has 0 aromatic heterocycles. The summed E-state index contributed by atoms with van der Waals surface area (Å²) in [5.74, 6) is 1.39. The summed E-state index contributed by atoms with van der Waals surface area (Å²) in [7, 11) is -5.28. The van der Waals surface area contributed by atoms with E-state index in [0.717, 1.165) is 8.61 Å². The topological polar surface area (TPSA) is 152 Å². The minimum Gasteiger partial charge on any atom is -0.495 e. The van der Waals surface area contributed by atoms with E-state index in [1.54, 1.807) is 109 Å². The third-order valence-corrected chi connectivity index (χ3v) is 11.4.